The van der Waals surface area contributed by atoms with Crippen LogP contribution in [0.5, 0.6) is 0 Å². The number of nitrogens with zero attached hydrogens (tertiary/aromatic N) is 2. The summed E-state index contributed by atoms with van der Waals surface area (Å²) in [5.41, 5.74) is 3.85. The Kier molecular flexibility index (Phi) is 3.21. The number of rotatable bonds is 3. The van der Waals surface area contributed by atoms with E-state index in [2.05, 4.69) is 60.8 Å². The van der Waals surface area contributed by atoms with E-state index in [4.69, 9.17) is 6.42 Å². The minimum absolute atomic E-state index is 0.632. The Morgan fingerprint density at radius 3 is 2.76 bits per heavy atom. The highest BCUT2D eigenvalue weighted by Gasteiger charge is 2.08. The highest BCUT2D eigenvalue weighted by Crippen LogP contribution is 2.23. The zero-order chi connectivity index (χ0) is 12.4. The van der Waals surface area contributed by atoms with Crippen LogP contribution in [0.25, 0.3) is 10.9 Å². The van der Waals surface area contributed by atoms with Crippen molar-refractivity contribution in [2.75, 3.05) is 14.1 Å². The molecule has 17 heavy (non-hydrogen) atoms. The molecule has 0 bridgehead atoms. The van der Waals surface area contributed by atoms with Crippen LogP contribution >= 0.6 is 0 Å². The van der Waals surface area contributed by atoms with Crippen LogP contribution in [0.1, 0.15) is 11.1 Å². The molecule has 0 unspecified atom stereocenters. The fourth-order valence-corrected chi connectivity index (χ4v) is 2.18. The maximum absolute atomic E-state index is 5.41. The van der Waals surface area contributed by atoms with Gasteiger partial charge in [-0.25, -0.2) is 0 Å². The van der Waals surface area contributed by atoms with Crippen molar-refractivity contribution in [3.63, 3.8) is 0 Å². The van der Waals surface area contributed by atoms with E-state index in [-0.39, 0.29) is 0 Å². The first kappa shape index (κ1) is 11.8. The number of fused-ring (bicyclic) bond motifs is 1. The molecule has 1 aromatic heterocycles. The second-order valence-electron chi connectivity index (χ2n) is 4.74. The summed E-state index contributed by atoms with van der Waals surface area (Å²) in [7, 11) is 4.17. The number of hydrogen-bond donors (Lipinski definition) is 0. The predicted molar refractivity (Wildman–Crippen MR) is 72.9 cm³/mol. The van der Waals surface area contributed by atoms with E-state index in [9.17, 15) is 0 Å². The van der Waals surface area contributed by atoms with Crippen molar-refractivity contribution >= 4 is 10.9 Å². The lowest BCUT2D eigenvalue weighted by molar-refractivity contribution is 0.403. The maximum atomic E-state index is 5.41. The molecule has 0 aliphatic heterocycles. The number of aromatic nitrogens is 1. The summed E-state index contributed by atoms with van der Waals surface area (Å²) in [5.74, 6) is 2.71. The largest absolute Gasteiger partial charge is 0.336 e. The van der Waals surface area contributed by atoms with Crippen molar-refractivity contribution in [1.29, 1.82) is 0 Å². The van der Waals surface area contributed by atoms with Crippen LogP contribution in [0.2, 0.25) is 0 Å². The first-order chi connectivity index (χ1) is 8.11. The normalized spacial score (nSPS) is 11.0. The Balaban J connectivity index is 2.59. The zero-order valence-corrected chi connectivity index (χ0v) is 10.7. The Labute approximate surface area is 103 Å². The summed E-state index contributed by atoms with van der Waals surface area (Å²) in [6.45, 7) is 3.70. The van der Waals surface area contributed by atoms with Gasteiger partial charge in [0.1, 0.15) is 0 Å². The fraction of sp³-hybridized carbons (Fsp3) is 0.333. The molecule has 88 valence electrons. The monoisotopic (exact) mass is 226 g/mol. The van der Waals surface area contributed by atoms with Gasteiger partial charge in [-0.15, -0.1) is 6.42 Å². The smallest absolute Gasteiger partial charge is 0.0835 e. The quantitative estimate of drug-likeness (QED) is 0.730. The highest BCUT2D eigenvalue weighted by molar-refractivity contribution is 5.84. The molecular formula is C15H18N2. The van der Waals surface area contributed by atoms with Crippen LogP contribution in [-0.2, 0) is 13.1 Å². The van der Waals surface area contributed by atoms with Crippen LogP contribution in [-0.4, -0.2) is 23.6 Å². The average molecular weight is 226 g/mol. The van der Waals surface area contributed by atoms with Gasteiger partial charge in [0.2, 0.25) is 0 Å². The minimum Gasteiger partial charge on any atom is -0.336 e. The highest BCUT2D eigenvalue weighted by atomic mass is 15.1. The minimum atomic E-state index is 0.632. The maximum Gasteiger partial charge on any atom is 0.0835 e. The second kappa shape index (κ2) is 4.65. The van der Waals surface area contributed by atoms with Gasteiger partial charge in [-0.3, -0.25) is 0 Å². The van der Waals surface area contributed by atoms with Crippen molar-refractivity contribution < 1.29 is 0 Å². The van der Waals surface area contributed by atoms with E-state index in [0.717, 1.165) is 6.54 Å². The lowest BCUT2D eigenvalue weighted by Gasteiger charge is -2.07. The molecule has 1 aromatic carbocycles. The molecular weight excluding hydrogens is 208 g/mol. The number of terminal acetylenes is 1. The Bertz CT molecular complexity index is 570. The summed E-state index contributed by atoms with van der Waals surface area (Å²) < 4.78 is 2.15. The van der Waals surface area contributed by atoms with E-state index in [1.165, 1.54) is 22.0 Å². The predicted octanol–water partition coefficient (Wildman–Crippen LogP) is 2.64. The van der Waals surface area contributed by atoms with Gasteiger partial charge in [0.15, 0.2) is 0 Å². The van der Waals surface area contributed by atoms with Gasteiger partial charge in [0.05, 0.1) is 6.54 Å². The lowest BCUT2D eigenvalue weighted by atomic mass is 10.1. The molecule has 2 heteroatoms. The van der Waals surface area contributed by atoms with Gasteiger partial charge in [-0.2, -0.15) is 0 Å². The van der Waals surface area contributed by atoms with Gasteiger partial charge in [0, 0.05) is 23.6 Å². The summed E-state index contributed by atoms with van der Waals surface area (Å²) in [6, 6.07) is 6.52. The molecule has 0 N–H and O–H groups in total. The number of benzene rings is 1. The molecule has 0 spiro atoms. The van der Waals surface area contributed by atoms with Crippen LogP contribution < -0.4 is 0 Å². The average Bonchev–Trinajstić information content (AvgIpc) is 2.56. The molecule has 0 aliphatic rings. The number of aryl methyl sites for hydroxylation is 1. The van der Waals surface area contributed by atoms with Crippen LogP contribution in [0.3, 0.4) is 0 Å². The SMILES string of the molecule is C#CCn1cc(CN(C)C)c2cc(C)ccc21. The van der Waals surface area contributed by atoms with Crippen LogP contribution in [0, 0.1) is 19.3 Å². The second-order valence-corrected chi connectivity index (χ2v) is 4.74. The Morgan fingerprint density at radius 1 is 1.35 bits per heavy atom. The molecule has 0 radical (unpaired) electrons. The van der Waals surface area contributed by atoms with E-state index in [1.54, 1.807) is 0 Å². The van der Waals surface area contributed by atoms with Gasteiger partial charge < -0.3 is 9.47 Å². The van der Waals surface area contributed by atoms with Crippen LogP contribution in [0.4, 0.5) is 0 Å². The molecule has 0 amide bonds. The van der Waals surface area contributed by atoms with Crippen molar-refractivity contribution in [3.05, 3.63) is 35.5 Å². The van der Waals surface area contributed by atoms with Crippen LogP contribution in [0.15, 0.2) is 24.4 Å². The molecule has 2 nitrogen and oxygen atoms in total. The standard InChI is InChI=1S/C15H18N2/c1-5-8-17-11-13(10-16(3)4)14-9-12(2)6-7-15(14)17/h1,6-7,9,11H,8,10H2,2-4H3. The Morgan fingerprint density at radius 2 is 2.12 bits per heavy atom. The van der Waals surface area contributed by atoms with E-state index >= 15 is 0 Å². The summed E-state index contributed by atoms with van der Waals surface area (Å²) in [6.07, 6.45) is 7.58. The summed E-state index contributed by atoms with van der Waals surface area (Å²) in [4.78, 5) is 2.18. The first-order valence-electron chi connectivity index (χ1n) is 5.78. The summed E-state index contributed by atoms with van der Waals surface area (Å²) in [5, 5.41) is 1.31. The molecule has 0 fully saturated rings. The van der Waals surface area contributed by atoms with Gasteiger partial charge in [-0.05, 0) is 38.7 Å². The van der Waals surface area contributed by atoms with Gasteiger partial charge >= 0.3 is 0 Å². The van der Waals surface area contributed by atoms with Gasteiger partial charge in [-0.1, -0.05) is 17.6 Å². The van der Waals surface area contributed by atoms with Crippen molar-refractivity contribution in [1.82, 2.24) is 9.47 Å². The van der Waals surface area contributed by atoms with E-state index in [0.29, 0.717) is 6.54 Å². The zero-order valence-electron chi connectivity index (χ0n) is 10.7. The lowest BCUT2D eigenvalue weighted by Crippen LogP contribution is -2.10. The Hall–Kier alpha value is -1.72. The van der Waals surface area contributed by atoms with Crippen molar-refractivity contribution in [2.45, 2.75) is 20.0 Å². The topological polar surface area (TPSA) is 8.17 Å². The molecule has 2 rings (SSSR count). The fourth-order valence-electron chi connectivity index (χ4n) is 2.18. The van der Waals surface area contributed by atoms with Crippen molar-refractivity contribution in [3.8, 4) is 12.3 Å². The van der Waals surface area contributed by atoms with Gasteiger partial charge in [0.25, 0.3) is 0 Å². The molecule has 0 saturated heterocycles. The summed E-state index contributed by atoms with van der Waals surface area (Å²) >= 11 is 0. The first-order valence-corrected chi connectivity index (χ1v) is 5.78. The third kappa shape index (κ3) is 2.35. The third-order valence-corrected chi connectivity index (χ3v) is 2.87. The molecule has 0 saturated carbocycles. The number of hydrogen-bond acceptors (Lipinski definition) is 1. The van der Waals surface area contributed by atoms with Crippen molar-refractivity contribution in [2.24, 2.45) is 0 Å². The molecule has 2 aromatic rings. The molecule has 0 atom stereocenters. The van der Waals surface area contributed by atoms with E-state index in [1.807, 2.05) is 0 Å². The molecule has 1 heterocycles. The molecule has 0 aliphatic carbocycles. The van der Waals surface area contributed by atoms with E-state index < -0.39 is 0 Å². The third-order valence-electron chi connectivity index (χ3n) is 2.87.